The Kier molecular flexibility index (Phi) is 7.04. The third kappa shape index (κ3) is 6.15. The van der Waals surface area contributed by atoms with E-state index in [4.69, 9.17) is 0 Å². The zero-order chi connectivity index (χ0) is 20.8. The standard InChI is InChI=1S/C22H27F2N3O2/c1-17-4-3-5-19(14-17)26-10-12-27(13-11-26)21(28)16-25(2)15-18-6-8-20(9-7-18)29-22(23)24/h3-9,14,22H,10-13,15-16H2,1-2H3. The molecule has 1 saturated heterocycles. The van der Waals surface area contributed by atoms with Crippen LogP contribution in [0.25, 0.3) is 0 Å². The molecule has 2 aromatic carbocycles. The molecule has 0 radical (unpaired) electrons. The first-order valence-electron chi connectivity index (χ1n) is 9.72. The highest BCUT2D eigenvalue weighted by Crippen LogP contribution is 2.18. The van der Waals surface area contributed by atoms with Crippen LogP contribution in [0.1, 0.15) is 11.1 Å². The van der Waals surface area contributed by atoms with Crippen molar-refractivity contribution in [2.75, 3.05) is 44.7 Å². The maximum atomic E-state index is 12.6. The van der Waals surface area contributed by atoms with Crippen LogP contribution in [0.5, 0.6) is 5.75 Å². The molecular weight excluding hydrogens is 376 g/mol. The molecule has 0 aromatic heterocycles. The fraction of sp³-hybridized carbons (Fsp3) is 0.409. The Morgan fingerprint density at radius 1 is 1.10 bits per heavy atom. The van der Waals surface area contributed by atoms with Gasteiger partial charge in [-0.2, -0.15) is 8.78 Å². The average Bonchev–Trinajstić information content (AvgIpc) is 2.69. The van der Waals surface area contributed by atoms with E-state index in [1.807, 2.05) is 16.8 Å². The molecule has 3 rings (SSSR count). The molecule has 156 valence electrons. The van der Waals surface area contributed by atoms with Crippen molar-refractivity contribution in [1.82, 2.24) is 9.80 Å². The summed E-state index contributed by atoms with van der Waals surface area (Å²) in [5.74, 6) is 0.239. The number of amides is 1. The van der Waals surface area contributed by atoms with Gasteiger partial charge in [0.15, 0.2) is 0 Å². The smallest absolute Gasteiger partial charge is 0.387 e. The van der Waals surface area contributed by atoms with Crippen molar-refractivity contribution in [2.24, 2.45) is 0 Å². The van der Waals surface area contributed by atoms with Gasteiger partial charge in [0, 0.05) is 38.4 Å². The molecule has 0 aliphatic carbocycles. The lowest BCUT2D eigenvalue weighted by Crippen LogP contribution is -2.51. The second-order valence-corrected chi connectivity index (χ2v) is 7.40. The molecule has 0 spiro atoms. The number of carbonyl (C=O) groups excluding carboxylic acids is 1. The highest BCUT2D eigenvalue weighted by Gasteiger charge is 2.22. The Bertz CT molecular complexity index is 806. The molecule has 1 aliphatic rings. The van der Waals surface area contributed by atoms with E-state index in [9.17, 15) is 13.6 Å². The van der Waals surface area contributed by atoms with Gasteiger partial charge in [0.05, 0.1) is 6.54 Å². The summed E-state index contributed by atoms with van der Waals surface area (Å²) in [6, 6.07) is 14.9. The summed E-state index contributed by atoms with van der Waals surface area (Å²) in [6.07, 6.45) is 0. The molecule has 1 aliphatic heterocycles. The molecule has 1 fully saturated rings. The summed E-state index contributed by atoms with van der Waals surface area (Å²) in [5, 5.41) is 0. The predicted molar refractivity (Wildman–Crippen MR) is 109 cm³/mol. The van der Waals surface area contributed by atoms with Gasteiger partial charge in [-0.15, -0.1) is 0 Å². The lowest BCUT2D eigenvalue weighted by molar-refractivity contribution is -0.132. The topological polar surface area (TPSA) is 36.0 Å². The summed E-state index contributed by atoms with van der Waals surface area (Å²) in [7, 11) is 1.88. The second kappa shape index (κ2) is 9.69. The number of benzene rings is 2. The number of likely N-dealkylation sites (N-methyl/N-ethyl adjacent to an activating group) is 1. The molecule has 1 heterocycles. The normalized spacial score (nSPS) is 14.6. The summed E-state index contributed by atoms with van der Waals surface area (Å²) >= 11 is 0. The Balaban J connectivity index is 1.45. The third-order valence-corrected chi connectivity index (χ3v) is 5.01. The van der Waals surface area contributed by atoms with E-state index in [-0.39, 0.29) is 11.7 Å². The van der Waals surface area contributed by atoms with Crippen LogP contribution in [0.15, 0.2) is 48.5 Å². The van der Waals surface area contributed by atoms with Crippen LogP contribution < -0.4 is 9.64 Å². The van der Waals surface area contributed by atoms with Gasteiger partial charge in [0.1, 0.15) is 5.75 Å². The molecule has 0 saturated carbocycles. The van der Waals surface area contributed by atoms with Gasteiger partial charge in [-0.05, 0) is 49.4 Å². The zero-order valence-electron chi connectivity index (χ0n) is 16.9. The molecule has 0 N–H and O–H groups in total. The first-order valence-corrected chi connectivity index (χ1v) is 9.72. The number of piperazine rings is 1. The molecular formula is C22H27F2N3O2. The van der Waals surface area contributed by atoms with E-state index >= 15 is 0 Å². The van der Waals surface area contributed by atoms with Crippen LogP contribution in [-0.2, 0) is 11.3 Å². The number of anilines is 1. The van der Waals surface area contributed by atoms with E-state index in [0.717, 1.165) is 18.7 Å². The van der Waals surface area contributed by atoms with E-state index in [2.05, 4.69) is 40.8 Å². The van der Waals surface area contributed by atoms with Gasteiger partial charge in [-0.1, -0.05) is 24.3 Å². The number of rotatable bonds is 7. The highest BCUT2D eigenvalue weighted by atomic mass is 19.3. The minimum Gasteiger partial charge on any atom is -0.435 e. The fourth-order valence-electron chi connectivity index (χ4n) is 3.51. The van der Waals surface area contributed by atoms with Crippen LogP contribution in [0.4, 0.5) is 14.5 Å². The first kappa shape index (κ1) is 21.0. The van der Waals surface area contributed by atoms with Crippen molar-refractivity contribution in [3.8, 4) is 5.75 Å². The SMILES string of the molecule is Cc1cccc(N2CCN(C(=O)CN(C)Cc3ccc(OC(F)F)cc3)CC2)c1. The molecule has 29 heavy (non-hydrogen) atoms. The lowest BCUT2D eigenvalue weighted by Gasteiger charge is -2.37. The monoisotopic (exact) mass is 403 g/mol. The molecule has 5 nitrogen and oxygen atoms in total. The van der Waals surface area contributed by atoms with Gasteiger partial charge in [-0.25, -0.2) is 0 Å². The minimum atomic E-state index is -2.83. The van der Waals surface area contributed by atoms with Gasteiger partial charge < -0.3 is 14.5 Å². The Labute approximate surface area is 170 Å². The van der Waals surface area contributed by atoms with Crippen molar-refractivity contribution in [3.05, 3.63) is 59.7 Å². The molecule has 0 atom stereocenters. The molecule has 0 unspecified atom stereocenters. The van der Waals surface area contributed by atoms with Crippen molar-refractivity contribution in [2.45, 2.75) is 20.1 Å². The average molecular weight is 403 g/mol. The van der Waals surface area contributed by atoms with Crippen LogP contribution in [0, 0.1) is 6.92 Å². The van der Waals surface area contributed by atoms with Crippen molar-refractivity contribution < 1.29 is 18.3 Å². The largest absolute Gasteiger partial charge is 0.435 e. The number of halogens is 2. The molecule has 7 heteroatoms. The summed E-state index contributed by atoms with van der Waals surface area (Å²) in [6.45, 7) is 3.20. The molecule has 2 aromatic rings. The summed E-state index contributed by atoms with van der Waals surface area (Å²) in [5.41, 5.74) is 3.37. The Hall–Kier alpha value is -2.67. The third-order valence-electron chi connectivity index (χ3n) is 5.01. The van der Waals surface area contributed by atoms with Gasteiger partial charge in [-0.3, -0.25) is 9.69 Å². The number of alkyl halides is 2. The number of ether oxygens (including phenoxy) is 1. The maximum Gasteiger partial charge on any atom is 0.387 e. The van der Waals surface area contributed by atoms with E-state index in [1.165, 1.54) is 23.4 Å². The number of hydrogen-bond donors (Lipinski definition) is 0. The fourth-order valence-corrected chi connectivity index (χ4v) is 3.51. The van der Waals surface area contributed by atoms with E-state index in [0.29, 0.717) is 26.2 Å². The Morgan fingerprint density at radius 2 is 1.79 bits per heavy atom. The number of nitrogens with zero attached hydrogens (tertiary/aromatic N) is 3. The van der Waals surface area contributed by atoms with Crippen LogP contribution >= 0.6 is 0 Å². The molecule has 0 bridgehead atoms. The summed E-state index contributed by atoms with van der Waals surface area (Å²) in [4.78, 5) is 18.8. The molecule has 1 amide bonds. The maximum absolute atomic E-state index is 12.6. The summed E-state index contributed by atoms with van der Waals surface area (Å²) < 4.78 is 28.8. The number of hydrogen-bond acceptors (Lipinski definition) is 4. The number of carbonyl (C=O) groups is 1. The van der Waals surface area contributed by atoms with Crippen molar-refractivity contribution in [1.29, 1.82) is 0 Å². The van der Waals surface area contributed by atoms with Crippen molar-refractivity contribution in [3.63, 3.8) is 0 Å². The van der Waals surface area contributed by atoms with Crippen LogP contribution in [-0.4, -0.2) is 62.1 Å². The second-order valence-electron chi connectivity index (χ2n) is 7.40. The number of aryl methyl sites for hydroxylation is 1. The van der Waals surface area contributed by atoms with Gasteiger partial charge >= 0.3 is 6.61 Å². The quantitative estimate of drug-likeness (QED) is 0.710. The predicted octanol–water partition coefficient (Wildman–Crippen LogP) is 3.38. The van der Waals surface area contributed by atoms with E-state index in [1.54, 1.807) is 12.1 Å². The highest BCUT2D eigenvalue weighted by molar-refractivity contribution is 5.78. The van der Waals surface area contributed by atoms with Gasteiger partial charge in [0.2, 0.25) is 5.91 Å². The minimum absolute atomic E-state index is 0.106. The van der Waals surface area contributed by atoms with Crippen LogP contribution in [0.2, 0.25) is 0 Å². The van der Waals surface area contributed by atoms with E-state index < -0.39 is 6.61 Å². The first-order chi connectivity index (χ1) is 13.9. The van der Waals surface area contributed by atoms with Crippen molar-refractivity contribution >= 4 is 11.6 Å². The zero-order valence-corrected chi connectivity index (χ0v) is 16.9. The van der Waals surface area contributed by atoms with Crippen LogP contribution in [0.3, 0.4) is 0 Å². The van der Waals surface area contributed by atoms with Gasteiger partial charge in [0.25, 0.3) is 0 Å². The Morgan fingerprint density at radius 3 is 2.41 bits per heavy atom. The lowest BCUT2D eigenvalue weighted by atomic mass is 10.2.